The number of carbonyl (C=O) groups excluding carboxylic acids is 1. The van der Waals surface area contributed by atoms with E-state index >= 15 is 0 Å². The van der Waals surface area contributed by atoms with Crippen molar-refractivity contribution in [1.82, 2.24) is 0 Å². The maximum atomic E-state index is 12.3. The van der Waals surface area contributed by atoms with Gasteiger partial charge in [0, 0.05) is 0 Å². The predicted molar refractivity (Wildman–Crippen MR) is 168 cm³/mol. The molecule has 6 heteroatoms. The van der Waals surface area contributed by atoms with Crippen LogP contribution in [0.5, 0.6) is 0 Å². The fourth-order valence-corrected chi connectivity index (χ4v) is 10.5. The summed E-state index contributed by atoms with van der Waals surface area (Å²) in [4.78, 5) is 12.3. The van der Waals surface area contributed by atoms with E-state index in [1.807, 2.05) is 72.8 Å². The van der Waals surface area contributed by atoms with E-state index < -0.39 is 32.7 Å². The van der Waals surface area contributed by atoms with Crippen molar-refractivity contribution in [3.8, 4) is 0 Å². The van der Waals surface area contributed by atoms with E-state index in [9.17, 15) is 4.79 Å². The molecule has 0 saturated carbocycles. The zero-order valence-corrected chi connectivity index (χ0v) is 25.6. The largest absolute Gasteiger partial charge is 0.405 e. The SMILES string of the molecule is CC(C)(C)[Si](OC[C@H]1O[C@H](C=O)[C@@H](OCc2ccccc2)[C@@H]1OCc1ccccc1)(c1ccccc1)c1ccccc1. The number of ether oxygens (including phenoxy) is 3. The Morgan fingerprint density at radius 3 is 1.52 bits per heavy atom. The molecule has 0 aliphatic carbocycles. The Morgan fingerprint density at radius 2 is 1.10 bits per heavy atom. The fourth-order valence-electron chi connectivity index (χ4n) is 5.89. The van der Waals surface area contributed by atoms with Gasteiger partial charge in [-0.2, -0.15) is 0 Å². The smallest absolute Gasteiger partial charge is 0.261 e. The van der Waals surface area contributed by atoms with Gasteiger partial charge >= 0.3 is 0 Å². The number of aldehydes is 1. The first kappa shape index (κ1) is 30.1. The summed E-state index contributed by atoms with van der Waals surface area (Å²) in [7, 11) is -2.82. The van der Waals surface area contributed by atoms with Gasteiger partial charge in [-0.05, 0) is 26.5 Å². The van der Waals surface area contributed by atoms with Crippen molar-refractivity contribution in [2.45, 2.75) is 63.4 Å². The minimum atomic E-state index is -2.82. The highest BCUT2D eigenvalue weighted by Crippen LogP contribution is 2.38. The third-order valence-corrected chi connectivity index (χ3v) is 12.9. The first-order chi connectivity index (χ1) is 20.4. The van der Waals surface area contributed by atoms with Crippen LogP contribution in [-0.2, 0) is 36.6 Å². The number of carbonyl (C=O) groups is 1. The Balaban J connectivity index is 1.46. The first-order valence-corrected chi connectivity index (χ1v) is 16.5. The lowest BCUT2D eigenvalue weighted by Crippen LogP contribution is -2.67. The second kappa shape index (κ2) is 13.7. The van der Waals surface area contributed by atoms with Crippen LogP contribution in [0.1, 0.15) is 31.9 Å². The molecule has 4 aromatic rings. The summed E-state index contributed by atoms with van der Waals surface area (Å²) in [6.07, 6.45) is -1.49. The molecule has 0 N–H and O–H groups in total. The van der Waals surface area contributed by atoms with Crippen molar-refractivity contribution in [3.63, 3.8) is 0 Å². The predicted octanol–water partition coefficient (Wildman–Crippen LogP) is 5.70. The van der Waals surface area contributed by atoms with Crippen molar-refractivity contribution < 1.29 is 23.4 Å². The Labute approximate surface area is 250 Å². The molecule has 0 unspecified atom stereocenters. The topological polar surface area (TPSA) is 54.0 Å². The maximum Gasteiger partial charge on any atom is 0.261 e. The highest BCUT2D eigenvalue weighted by atomic mass is 28.4. The molecule has 4 atom stereocenters. The van der Waals surface area contributed by atoms with Crippen LogP contribution in [0.25, 0.3) is 0 Å². The van der Waals surface area contributed by atoms with E-state index in [0.29, 0.717) is 13.2 Å². The summed E-state index contributed by atoms with van der Waals surface area (Å²) in [5.74, 6) is 0. The van der Waals surface area contributed by atoms with Crippen LogP contribution >= 0.6 is 0 Å². The molecule has 1 fully saturated rings. The first-order valence-electron chi connectivity index (χ1n) is 14.6. The van der Waals surface area contributed by atoms with Gasteiger partial charge < -0.3 is 23.4 Å². The summed E-state index contributed by atoms with van der Waals surface area (Å²) in [6, 6.07) is 41.0. The van der Waals surface area contributed by atoms with E-state index in [-0.39, 0.29) is 11.6 Å². The van der Waals surface area contributed by atoms with E-state index in [4.69, 9.17) is 18.6 Å². The van der Waals surface area contributed by atoms with E-state index in [1.54, 1.807) is 0 Å². The number of rotatable bonds is 12. The Hall–Kier alpha value is -3.39. The van der Waals surface area contributed by atoms with Gasteiger partial charge in [-0.25, -0.2) is 0 Å². The van der Waals surface area contributed by atoms with Gasteiger partial charge in [0.15, 0.2) is 6.29 Å². The van der Waals surface area contributed by atoms with Crippen LogP contribution in [0.2, 0.25) is 5.04 Å². The van der Waals surface area contributed by atoms with Crippen LogP contribution in [0.3, 0.4) is 0 Å². The van der Waals surface area contributed by atoms with Crippen molar-refractivity contribution in [2.75, 3.05) is 6.61 Å². The molecule has 0 radical (unpaired) electrons. The van der Waals surface area contributed by atoms with Crippen LogP contribution in [0.4, 0.5) is 0 Å². The molecule has 0 spiro atoms. The zero-order valence-electron chi connectivity index (χ0n) is 24.6. The maximum absolute atomic E-state index is 12.3. The minimum absolute atomic E-state index is 0.192. The molecule has 4 aromatic carbocycles. The molecule has 1 aliphatic rings. The highest BCUT2D eigenvalue weighted by Gasteiger charge is 2.53. The highest BCUT2D eigenvalue weighted by molar-refractivity contribution is 6.99. The van der Waals surface area contributed by atoms with Crippen LogP contribution in [-0.4, -0.2) is 45.6 Å². The monoisotopic (exact) mass is 580 g/mol. The Bertz CT molecular complexity index is 1340. The van der Waals surface area contributed by atoms with Gasteiger partial charge in [0.1, 0.15) is 24.4 Å². The van der Waals surface area contributed by atoms with E-state index in [1.165, 1.54) is 10.4 Å². The number of benzene rings is 4. The van der Waals surface area contributed by atoms with Crippen LogP contribution < -0.4 is 10.4 Å². The van der Waals surface area contributed by atoms with Crippen LogP contribution in [0.15, 0.2) is 121 Å². The van der Waals surface area contributed by atoms with Crippen molar-refractivity contribution in [3.05, 3.63) is 132 Å². The quantitative estimate of drug-likeness (QED) is 0.159. The zero-order chi connectivity index (χ0) is 29.4. The molecule has 5 nitrogen and oxygen atoms in total. The summed E-state index contributed by atoms with van der Waals surface area (Å²) >= 11 is 0. The van der Waals surface area contributed by atoms with Crippen molar-refractivity contribution in [2.24, 2.45) is 0 Å². The summed E-state index contributed by atoms with van der Waals surface area (Å²) < 4.78 is 26.5. The van der Waals surface area contributed by atoms with Crippen LogP contribution in [0, 0.1) is 0 Å². The summed E-state index contributed by atoms with van der Waals surface area (Å²) in [5, 5.41) is 2.18. The third kappa shape index (κ3) is 6.64. The van der Waals surface area contributed by atoms with Gasteiger partial charge in [0.05, 0.1) is 19.8 Å². The Kier molecular flexibility index (Phi) is 9.83. The average molecular weight is 581 g/mol. The van der Waals surface area contributed by atoms with Gasteiger partial charge in [-0.1, -0.05) is 142 Å². The van der Waals surface area contributed by atoms with Crippen molar-refractivity contribution in [1.29, 1.82) is 0 Å². The lowest BCUT2D eigenvalue weighted by atomic mass is 10.1. The number of hydrogen-bond acceptors (Lipinski definition) is 5. The molecule has 42 heavy (non-hydrogen) atoms. The standard InChI is InChI=1S/C36H40O5Si/c1-36(2,3)42(30-20-12-6-13-21-30,31-22-14-7-15-23-31)40-27-33-35(39-26-29-18-10-5-11-19-29)34(32(24-37)41-33)38-25-28-16-8-4-9-17-28/h4-24,32-35H,25-27H2,1-3H3/t32-,33-,34-,35-/m1/s1. The van der Waals surface area contributed by atoms with Gasteiger partial charge in [0.2, 0.25) is 0 Å². The molecule has 1 aliphatic heterocycles. The second-order valence-electron chi connectivity index (χ2n) is 11.8. The summed E-state index contributed by atoms with van der Waals surface area (Å²) in [6.45, 7) is 7.74. The van der Waals surface area contributed by atoms with Crippen molar-refractivity contribution >= 4 is 25.0 Å². The molecule has 0 aromatic heterocycles. The lowest BCUT2D eigenvalue weighted by Gasteiger charge is -2.43. The molecular weight excluding hydrogens is 540 g/mol. The van der Waals surface area contributed by atoms with Gasteiger partial charge in [-0.15, -0.1) is 0 Å². The Morgan fingerprint density at radius 1 is 0.667 bits per heavy atom. The molecular formula is C36H40O5Si. The van der Waals surface area contributed by atoms with E-state index in [0.717, 1.165) is 17.4 Å². The molecule has 0 bridgehead atoms. The molecule has 1 heterocycles. The minimum Gasteiger partial charge on any atom is -0.405 e. The fraction of sp³-hybridized carbons (Fsp3) is 0.306. The van der Waals surface area contributed by atoms with E-state index in [2.05, 4.69) is 69.3 Å². The molecule has 1 saturated heterocycles. The molecule has 5 rings (SSSR count). The second-order valence-corrected chi connectivity index (χ2v) is 16.1. The van der Waals surface area contributed by atoms with Gasteiger partial charge in [-0.3, -0.25) is 0 Å². The lowest BCUT2D eigenvalue weighted by molar-refractivity contribution is -0.124. The average Bonchev–Trinajstić information content (AvgIpc) is 3.37. The molecule has 0 amide bonds. The molecule has 218 valence electrons. The van der Waals surface area contributed by atoms with Gasteiger partial charge in [0.25, 0.3) is 8.32 Å². The third-order valence-electron chi connectivity index (χ3n) is 7.93. The number of hydrogen-bond donors (Lipinski definition) is 0. The summed E-state index contributed by atoms with van der Waals surface area (Å²) in [5.41, 5.74) is 2.07. The normalized spacial score (nSPS) is 20.8.